The predicted molar refractivity (Wildman–Crippen MR) is 108 cm³/mol. The Morgan fingerprint density at radius 1 is 1.06 bits per heavy atom. The molecule has 11 heteroatoms. The molecule has 0 bridgehead atoms. The number of aromatic nitrogens is 1. The number of nitrogens with zero attached hydrogens (tertiary/aromatic N) is 3. The molecule has 31 heavy (non-hydrogen) atoms. The molecule has 1 aromatic carbocycles. The van der Waals surface area contributed by atoms with Crippen molar-refractivity contribution in [3.8, 4) is 5.75 Å². The highest BCUT2D eigenvalue weighted by Crippen LogP contribution is 2.29. The Morgan fingerprint density at radius 2 is 1.74 bits per heavy atom. The second kappa shape index (κ2) is 9.65. The SMILES string of the molecule is COc1ccc(NC(=O)NC(=O)CN2CCN(c3ccc(C(F)(F)F)cn3)CC2)cc1. The molecule has 2 heterocycles. The monoisotopic (exact) mass is 437 g/mol. The topological polar surface area (TPSA) is 86.8 Å². The highest BCUT2D eigenvalue weighted by molar-refractivity contribution is 6.01. The molecule has 0 unspecified atom stereocenters. The van der Waals surface area contributed by atoms with Gasteiger partial charge in [-0.2, -0.15) is 13.2 Å². The van der Waals surface area contributed by atoms with Crippen LogP contribution in [0.3, 0.4) is 0 Å². The molecule has 0 atom stereocenters. The van der Waals surface area contributed by atoms with Crippen molar-refractivity contribution in [3.63, 3.8) is 0 Å². The van der Waals surface area contributed by atoms with Crippen LogP contribution >= 0.6 is 0 Å². The van der Waals surface area contributed by atoms with E-state index in [-0.39, 0.29) is 6.54 Å². The van der Waals surface area contributed by atoms with E-state index in [1.54, 1.807) is 24.3 Å². The number of carbonyl (C=O) groups is 2. The third-order valence-corrected chi connectivity index (χ3v) is 4.74. The number of anilines is 2. The number of rotatable bonds is 5. The minimum atomic E-state index is -4.42. The molecule has 0 aliphatic carbocycles. The summed E-state index contributed by atoms with van der Waals surface area (Å²) in [6.07, 6.45) is -3.60. The van der Waals surface area contributed by atoms with Gasteiger partial charge in [-0.15, -0.1) is 0 Å². The zero-order valence-corrected chi connectivity index (χ0v) is 16.8. The van der Waals surface area contributed by atoms with Crippen molar-refractivity contribution in [2.75, 3.05) is 50.1 Å². The van der Waals surface area contributed by atoms with Crippen molar-refractivity contribution in [1.82, 2.24) is 15.2 Å². The molecule has 2 aromatic rings. The van der Waals surface area contributed by atoms with Crippen molar-refractivity contribution in [2.24, 2.45) is 0 Å². The Bertz CT molecular complexity index is 896. The zero-order chi connectivity index (χ0) is 22.4. The molecule has 2 N–H and O–H groups in total. The van der Waals surface area contributed by atoms with Crippen LogP contribution in [0.25, 0.3) is 0 Å². The average molecular weight is 437 g/mol. The van der Waals surface area contributed by atoms with E-state index in [0.29, 0.717) is 43.4 Å². The van der Waals surface area contributed by atoms with Crippen molar-refractivity contribution in [3.05, 3.63) is 48.2 Å². The lowest BCUT2D eigenvalue weighted by Gasteiger charge is -2.35. The number of amides is 3. The number of halogens is 3. The summed E-state index contributed by atoms with van der Waals surface area (Å²) < 4.78 is 43.0. The fourth-order valence-corrected chi connectivity index (χ4v) is 3.08. The molecule has 1 aliphatic heterocycles. The van der Waals surface area contributed by atoms with Crippen LogP contribution in [0.4, 0.5) is 29.5 Å². The standard InChI is InChI=1S/C20H22F3N5O3/c1-31-16-5-3-15(4-6-16)25-19(30)26-18(29)13-27-8-10-28(11-9-27)17-7-2-14(12-24-17)20(21,22)23/h2-7,12H,8-11,13H2,1H3,(H2,25,26,29,30). The van der Waals surface area contributed by atoms with E-state index in [2.05, 4.69) is 15.6 Å². The van der Waals surface area contributed by atoms with Gasteiger partial charge in [0.1, 0.15) is 11.6 Å². The second-order valence-electron chi connectivity index (χ2n) is 6.90. The van der Waals surface area contributed by atoms with Gasteiger partial charge in [0.15, 0.2) is 0 Å². The highest BCUT2D eigenvalue weighted by atomic mass is 19.4. The normalized spacial score (nSPS) is 14.8. The fraction of sp³-hybridized carbons (Fsp3) is 0.350. The Balaban J connectivity index is 1.42. The molecule has 1 aromatic heterocycles. The number of imide groups is 1. The van der Waals surface area contributed by atoms with Crippen molar-refractivity contribution >= 4 is 23.4 Å². The number of piperazine rings is 1. The fourth-order valence-electron chi connectivity index (χ4n) is 3.08. The van der Waals surface area contributed by atoms with Gasteiger partial charge in [0.05, 0.1) is 19.2 Å². The number of methoxy groups -OCH3 is 1. The molecule has 3 amide bonds. The lowest BCUT2D eigenvalue weighted by molar-refractivity contribution is -0.137. The van der Waals surface area contributed by atoms with E-state index in [9.17, 15) is 22.8 Å². The van der Waals surface area contributed by atoms with Gasteiger partial charge in [-0.1, -0.05) is 0 Å². The largest absolute Gasteiger partial charge is 0.497 e. The van der Waals surface area contributed by atoms with Crippen LogP contribution in [0.2, 0.25) is 0 Å². The average Bonchev–Trinajstić information content (AvgIpc) is 2.74. The number of ether oxygens (including phenoxy) is 1. The van der Waals surface area contributed by atoms with E-state index in [0.717, 1.165) is 12.3 Å². The van der Waals surface area contributed by atoms with Gasteiger partial charge in [-0.25, -0.2) is 9.78 Å². The summed E-state index contributed by atoms with van der Waals surface area (Å²) in [6.45, 7) is 2.06. The number of carbonyl (C=O) groups excluding carboxylic acids is 2. The van der Waals surface area contributed by atoms with Crippen molar-refractivity contribution in [1.29, 1.82) is 0 Å². The lowest BCUT2D eigenvalue weighted by atomic mass is 10.2. The van der Waals surface area contributed by atoms with Crippen molar-refractivity contribution in [2.45, 2.75) is 6.18 Å². The number of alkyl halides is 3. The van der Waals surface area contributed by atoms with Crippen LogP contribution in [-0.2, 0) is 11.0 Å². The molecular weight excluding hydrogens is 415 g/mol. The molecule has 1 fully saturated rings. The van der Waals surface area contributed by atoms with Crippen LogP contribution < -0.4 is 20.3 Å². The number of nitrogens with one attached hydrogen (secondary N) is 2. The predicted octanol–water partition coefficient (Wildman–Crippen LogP) is 2.58. The van der Waals surface area contributed by atoms with E-state index in [1.807, 2.05) is 9.80 Å². The third kappa shape index (κ3) is 6.32. The molecule has 3 rings (SSSR count). The Morgan fingerprint density at radius 3 is 2.29 bits per heavy atom. The van der Waals surface area contributed by atoms with Crippen LogP contribution in [0, 0.1) is 0 Å². The Hall–Kier alpha value is -3.34. The van der Waals surface area contributed by atoms with Gasteiger partial charge in [-0.05, 0) is 36.4 Å². The van der Waals surface area contributed by atoms with E-state index < -0.39 is 23.7 Å². The summed E-state index contributed by atoms with van der Waals surface area (Å²) >= 11 is 0. The Labute approximate surface area is 177 Å². The van der Waals surface area contributed by atoms with Gasteiger partial charge in [-0.3, -0.25) is 15.0 Å². The van der Waals surface area contributed by atoms with Gasteiger partial charge in [0.2, 0.25) is 5.91 Å². The van der Waals surface area contributed by atoms with Crippen LogP contribution in [0.15, 0.2) is 42.6 Å². The molecule has 8 nitrogen and oxygen atoms in total. The van der Waals surface area contributed by atoms with Crippen LogP contribution in [0.1, 0.15) is 5.56 Å². The number of pyridine rings is 1. The smallest absolute Gasteiger partial charge is 0.417 e. The summed E-state index contributed by atoms with van der Waals surface area (Å²) in [5.74, 6) is 0.649. The van der Waals surface area contributed by atoms with Gasteiger partial charge >= 0.3 is 12.2 Å². The number of benzene rings is 1. The second-order valence-corrected chi connectivity index (χ2v) is 6.90. The maximum Gasteiger partial charge on any atom is 0.417 e. The van der Waals surface area contributed by atoms with E-state index in [1.165, 1.54) is 13.2 Å². The minimum Gasteiger partial charge on any atom is -0.497 e. The first-order valence-corrected chi connectivity index (χ1v) is 9.50. The van der Waals surface area contributed by atoms with Gasteiger partial charge < -0.3 is 15.0 Å². The van der Waals surface area contributed by atoms with Crippen LogP contribution in [-0.4, -0.2) is 61.7 Å². The first kappa shape index (κ1) is 22.3. The van der Waals surface area contributed by atoms with E-state index in [4.69, 9.17) is 4.74 Å². The molecule has 0 radical (unpaired) electrons. The molecular formula is C20H22F3N5O3. The summed E-state index contributed by atoms with van der Waals surface area (Å²) in [7, 11) is 1.54. The third-order valence-electron chi connectivity index (χ3n) is 4.74. The summed E-state index contributed by atoms with van der Waals surface area (Å²) in [4.78, 5) is 31.7. The molecule has 0 spiro atoms. The number of urea groups is 1. The minimum absolute atomic E-state index is 0.0321. The Kier molecular flexibility index (Phi) is 6.95. The molecule has 1 aliphatic rings. The summed E-state index contributed by atoms with van der Waals surface area (Å²) in [5.41, 5.74) is -0.275. The lowest BCUT2D eigenvalue weighted by Crippen LogP contribution is -2.50. The quantitative estimate of drug-likeness (QED) is 0.748. The number of hydrogen-bond acceptors (Lipinski definition) is 6. The maximum absolute atomic E-state index is 12.6. The van der Waals surface area contributed by atoms with Gasteiger partial charge in [0.25, 0.3) is 0 Å². The van der Waals surface area contributed by atoms with Crippen molar-refractivity contribution < 1.29 is 27.5 Å². The summed E-state index contributed by atoms with van der Waals surface area (Å²) in [5, 5.41) is 4.84. The molecule has 1 saturated heterocycles. The number of hydrogen-bond donors (Lipinski definition) is 2. The molecule has 166 valence electrons. The summed E-state index contributed by atoms with van der Waals surface area (Å²) in [6, 6.07) is 8.38. The van der Waals surface area contributed by atoms with E-state index >= 15 is 0 Å². The zero-order valence-electron chi connectivity index (χ0n) is 16.8. The van der Waals surface area contributed by atoms with Gasteiger partial charge in [0, 0.05) is 38.1 Å². The highest BCUT2D eigenvalue weighted by Gasteiger charge is 2.31. The molecule has 0 saturated carbocycles. The first-order valence-electron chi connectivity index (χ1n) is 9.50. The maximum atomic E-state index is 12.6. The van der Waals surface area contributed by atoms with Crippen LogP contribution in [0.5, 0.6) is 5.75 Å². The first-order chi connectivity index (χ1) is 14.7.